The van der Waals surface area contributed by atoms with Crippen molar-refractivity contribution in [3.8, 4) is 5.75 Å². The van der Waals surface area contributed by atoms with Crippen molar-refractivity contribution >= 4 is 23.6 Å². The van der Waals surface area contributed by atoms with Gasteiger partial charge in [0.1, 0.15) is 12.4 Å². The molecule has 122 valence electrons. The van der Waals surface area contributed by atoms with Crippen LogP contribution in [0, 0.1) is 0 Å². The molecule has 0 saturated heterocycles. The Hall–Kier alpha value is -3.08. The van der Waals surface area contributed by atoms with E-state index in [4.69, 9.17) is 9.47 Å². The molecule has 0 radical (unpaired) electrons. The van der Waals surface area contributed by atoms with E-state index in [1.54, 1.807) is 31.2 Å². The molecule has 0 unspecified atom stereocenters. The highest BCUT2D eigenvalue weighted by molar-refractivity contribution is 6.07. The predicted octanol–water partition coefficient (Wildman–Crippen LogP) is 3.28. The molecular weight excluding hydrogens is 306 g/mol. The zero-order valence-corrected chi connectivity index (χ0v) is 13.2. The Kier molecular flexibility index (Phi) is 4.61. The summed E-state index contributed by atoms with van der Waals surface area (Å²) in [6.45, 7) is 2.31. The molecule has 5 nitrogen and oxygen atoms in total. The first-order chi connectivity index (χ1) is 11.7. The summed E-state index contributed by atoms with van der Waals surface area (Å²) in [5.74, 6) is 0.164. The number of rotatable bonds is 4. The van der Waals surface area contributed by atoms with Gasteiger partial charge in [0.25, 0.3) is 5.91 Å². The molecule has 0 atom stereocenters. The Morgan fingerprint density at radius 2 is 1.88 bits per heavy atom. The number of esters is 1. The van der Waals surface area contributed by atoms with Crippen LogP contribution >= 0.6 is 0 Å². The summed E-state index contributed by atoms with van der Waals surface area (Å²) in [7, 11) is 0. The van der Waals surface area contributed by atoms with Crippen LogP contribution in [0.2, 0.25) is 0 Å². The van der Waals surface area contributed by atoms with Crippen LogP contribution < -0.4 is 10.1 Å². The molecule has 3 rings (SSSR count). The number of anilines is 1. The molecule has 1 aliphatic heterocycles. The van der Waals surface area contributed by atoms with Gasteiger partial charge >= 0.3 is 5.97 Å². The summed E-state index contributed by atoms with van der Waals surface area (Å²) in [6, 6.07) is 14.1. The summed E-state index contributed by atoms with van der Waals surface area (Å²) in [4.78, 5) is 24.0. The number of para-hydroxylation sites is 1. The first-order valence-electron chi connectivity index (χ1n) is 7.68. The van der Waals surface area contributed by atoms with Gasteiger partial charge in [0, 0.05) is 11.3 Å². The molecule has 0 aromatic heterocycles. The van der Waals surface area contributed by atoms with Crippen molar-refractivity contribution in [2.75, 3.05) is 18.5 Å². The van der Waals surface area contributed by atoms with Gasteiger partial charge in [-0.3, -0.25) is 4.79 Å². The lowest BCUT2D eigenvalue weighted by Gasteiger charge is -2.17. The first kappa shape index (κ1) is 15.8. The maximum atomic E-state index is 12.3. The molecule has 0 saturated carbocycles. The van der Waals surface area contributed by atoms with Gasteiger partial charge in [-0.2, -0.15) is 0 Å². The van der Waals surface area contributed by atoms with Crippen molar-refractivity contribution in [1.29, 1.82) is 0 Å². The van der Waals surface area contributed by atoms with Gasteiger partial charge < -0.3 is 14.8 Å². The standard InChI is InChI=1S/C19H17NO4/c1-2-23-19(22)13-7-9-16(10-8-13)20-18(21)15-11-14-5-3-4-6-17(14)24-12-15/h3-11H,2,12H2,1H3,(H,20,21). The Bertz CT molecular complexity index is 793. The zero-order valence-electron chi connectivity index (χ0n) is 13.2. The maximum Gasteiger partial charge on any atom is 0.338 e. The second-order valence-electron chi connectivity index (χ2n) is 5.25. The first-order valence-corrected chi connectivity index (χ1v) is 7.68. The van der Waals surface area contributed by atoms with E-state index in [-0.39, 0.29) is 18.5 Å². The lowest BCUT2D eigenvalue weighted by molar-refractivity contribution is -0.113. The van der Waals surface area contributed by atoms with E-state index in [1.165, 1.54) is 0 Å². The summed E-state index contributed by atoms with van der Waals surface area (Å²) < 4.78 is 10.5. The molecule has 0 spiro atoms. The van der Waals surface area contributed by atoms with Crippen LogP contribution in [0.1, 0.15) is 22.8 Å². The third kappa shape index (κ3) is 3.46. The number of ether oxygens (including phenoxy) is 2. The van der Waals surface area contributed by atoms with Crippen LogP contribution in [0.4, 0.5) is 5.69 Å². The molecule has 0 fully saturated rings. The van der Waals surface area contributed by atoms with Gasteiger partial charge in [0.05, 0.1) is 17.7 Å². The molecule has 5 heteroatoms. The highest BCUT2D eigenvalue weighted by Gasteiger charge is 2.17. The summed E-state index contributed by atoms with van der Waals surface area (Å²) in [5, 5.41) is 2.80. The third-order valence-electron chi connectivity index (χ3n) is 3.58. The number of benzene rings is 2. The highest BCUT2D eigenvalue weighted by atomic mass is 16.5. The van der Waals surface area contributed by atoms with Gasteiger partial charge in [0.2, 0.25) is 0 Å². The molecule has 0 aliphatic carbocycles. The second kappa shape index (κ2) is 7.00. The predicted molar refractivity (Wildman–Crippen MR) is 90.9 cm³/mol. The molecular formula is C19H17NO4. The van der Waals surface area contributed by atoms with Crippen molar-refractivity contribution in [2.45, 2.75) is 6.92 Å². The third-order valence-corrected chi connectivity index (χ3v) is 3.58. The fraction of sp³-hybridized carbons (Fsp3) is 0.158. The second-order valence-corrected chi connectivity index (χ2v) is 5.25. The number of carbonyl (C=O) groups excluding carboxylic acids is 2. The van der Waals surface area contributed by atoms with E-state index in [2.05, 4.69) is 5.32 Å². The fourth-order valence-corrected chi connectivity index (χ4v) is 2.36. The number of amides is 1. The summed E-state index contributed by atoms with van der Waals surface area (Å²) >= 11 is 0. The average Bonchev–Trinajstić information content (AvgIpc) is 2.62. The van der Waals surface area contributed by atoms with E-state index in [1.807, 2.05) is 30.3 Å². The van der Waals surface area contributed by atoms with E-state index in [9.17, 15) is 9.59 Å². The Morgan fingerprint density at radius 1 is 1.12 bits per heavy atom. The molecule has 2 aromatic rings. The minimum absolute atomic E-state index is 0.226. The minimum atomic E-state index is -0.379. The van der Waals surface area contributed by atoms with Gasteiger partial charge in [-0.1, -0.05) is 18.2 Å². The number of nitrogens with one attached hydrogen (secondary N) is 1. The molecule has 1 heterocycles. The molecule has 2 aromatic carbocycles. The number of carbonyl (C=O) groups is 2. The topological polar surface area (TPSA) is 64.6 Å². The van der Waals surface area contributed by atoms with Crippen molar-refractivity contribution < 1.29 is 19.1 Å². The monoisotopic (exact) mass is 323 g/mol. The normalized spacial score (nSPS) is 12.5. The Morgan fingerprint density at radius 3 is 2.62 bits per heavy atom. The van der Waals surface area contributed by atoms with Crippen molar-refractivity contribution in [2.24, 2.45) is 0 Å². The van der Waals surface area contributed by atoms with Crippen LogP contribution in [0.25, 0.3) is 6.08 Å². The van der Waals surface area contributed by atoms with Crippen molar-refractivity contribution in [1.82, 2.24) is 0 Å². The molecule has 1 aliphatic rings. The zero-order chi connectivity index (χ0) is 16.9. The van der Waals surface area contributed by atoms with E-state index < -0.39 is 0 Å². The van der Waals surface area contributed by atoms with Crippen LogP contribution in [0.3, 0.4) is 0 Å². The highest BCUT2D eigenvalue weighted by Crippen LogP contribution is 2.26. The maximum absolute atomic E-state index is 12.3. The van der Waals surface area contributed by atoms with Gasteiger partial charge in [-0.15, -0.1) is 0 Å². The quantitative estimate of drug-likeness (QED) is 0.877. The molecule has 1 amide bonds. The molecule has 1 N–H and O–H groups in total. The number of fused-ring (bicyclic) bond motifs is 1. The van der Waals surface area contributed by atoms with E-state index in [0.29, 0.717) is 23.4 Å². The summed E-state index contributed by atoms with van der Waals surface area (Å²) in [6.07, 6.45) is 1.82. The van der Waals surface area contributed by atoms with E-state index in [0.717, 1.165) is 11.3 Å². The van der Waals surface area contributed by atoms with Crippen LogP contribution in [0.5, 0.6) is 5.75 Å². The smallest absolute Gasteiger partial charge is 0.338 e. The fourth-order valence-electron chi connectivity index (χ4n) is 2.36. The van der Waals surface area contributed by atoms with Gasteiger partial charge in [-0.05, 0) is 43.3 Å². The Balaban J connectivity index is 1.69. The van der Waals surface area contributed by atoms with Gasteiger partial charge in [0.15, 0.2) is 0 Å². The van der Waals surface area contributed by atoms with Crippen LogP contribution in [0.15, 0.2) is 54.1 Å². The number of hydrogen-bond acceptors (Lipinski definition) is 4. The van der Waals surface area contributed by atoms with E-state index >= 15 is 0 Å². The SMILES string of the molecule is CCOC(=O)c1ccc(NC(=O)C2=Cc3ccccc3OC2)cc1. The van der Waals surface area contributed by atoms with Crippen LogP contribution in [-0.4, -0.2) is 25.1 Å². The van der Waals surface area contributed by atoms with Gasteiger partial charge in [-0.25, -0.2) is 4.79 Å². The number of hydrogen-bond donors (Lipinski definition) is 1. The lowest BCUT2D eigenvalue weighted by Crippen LogP contribution is -2.21. The summed E-state index contributed by atoms with van der Waals surface area (Å²) in [5.41, 5.74) is 2.48. The Labute approximate surface area is 139 Å². The van der Waals surface area contributed by atoms with Crippen LogP contribution in [-0.2, 0) is 9.53 Å². The average molecular weight is 323 g/mol. The van der Waals surface area contributed by atoms with Crippen molar-refractivity contribution in [3.05, 3.63) is 65.2 Å². The minimum Gasteiger partial charge on any atom is -0.488 e. The molecule has 24 heavy (non-hydrogen) atoms. The largest absolute Gasteiger partial charge is 0.488 e. The van der Waals surface area contributed by atoms with Crippen molar-refractivity contribution in [3.63, 3.8) is 0 Å². The lowest BCUT2D eigenvalue weighted by atomic mass is 10.1. The molecule has 0 bridgehead atoms.